The summed E-state index contributed by atoms with van der Waals surface area (Å²) in [7, 11) is -1.14. The second-order valence-electron chi connectivity index (χ2n) is 4.64. The van der Waals surface area contributed by atoms with Crippen LogP contribution in [-0.4, -0.2) is 36.9 Å². The van der Waals surface area contributed by atoms with Gasteiger partial charge in [-0.25, -0.2) is 0 Å². The number of hydrogen-bond donors (Lipinski definition) is 1. The van der Waals surface area contributed by atoms with Crippen molar-refractivity contribution in [3.63, 3.8) is 0 Å². The zero-order valence-corrected chi connectivity index (χ0v) is 15.2. The van der Waals surface area contributed by atoms with Crippen molar-refractivity contribution in [2.24, 2.45) is 0 Å². The molecule has 0 aliphatic heterocycles. The average Bonchev–Trinajstić information content (AvgIpc) is 2.03. The summed E-state index contributed by atoms with van der Waals surface area (Å²) in [6, 6.07) is 11.2. The SMILES string of the molecule is Br.CC(C)(C)c1c[c-]ccc1.C[SiH](C)O.[Mg+2]. The Morgan fingerprint density at radius 3 is 1.88 bits per heavy atom. The Labute approximate surface area is 128 Å². The molecule has 0 saturated heterocycles. The minimum absolute atomic E-state index is 0. The van der Waals surface area contributed by atoms with Gasteiger partial charge in [0.2, 0.25) is 0 Å². The Morgan fingerprint density at radius 2 is 1.69 bits per heavy atom. The van der Waals surface area contributed by atoms with Gasteiger partial charge in [-0.2, -0.15) is 35.9 Å². The van der Waals surface area contributed by atoms with Crippen molar-refractivity contribution in [1.29, 1.82) is 0 Å². The summed E-state index contributed by atoms with van der Waals surface area (Å²) < 4.78 is 0. The van der Waals surface area contributed by atoms with Gasteiger partial charge in [0.25, 0.3) is 0 Å². The molecule has 88 valence electrons. The number of hydrogen-bond acceptors (Lipinski definition) is 1. The fourth-order valence-corrected chi connectivity index (χ4v) is 0.860. The van der Waals surface area contributed by atoms with E-state index < -0.39 is 9.04 Å². The minimum atomic E-state index is -1.14. The summed E-state index contributed by atoms with van der Waals surface area (Å²) in [5, 5.41) is 0. The van der Waals surface area contributed by atoms with E-state index in [2.05, 4.69) is 32.9 Å². The van der Waals surface area contributed by atoms with Gasteiger partial charge in [0.15, 0.2) is 9.04 Å². The number of benzene rings is 1. The van der Waals surface area contributed by atoms with Gasteiger partial charge in [-0.05, 0) is 13.1 Å². The first-order valence-corrected chi connectivity index (χ1v) is 7.81. The molecule has 0 radical (unpaired) electrons. The molecule has 0 bridgehead atoms. The summed E-state index contributed by atoms with van der Waals surface area (Å²) in [6.45, 7) is 10.3. The second kappa shape index (κ2) is 10.8. The topological polar surface area (TPSA) is 20.2 Å². The molecule has 1 nitrogen and oxygen atoms in total. The van der Waals surface area contributed by atoms with Crippen molar-refractivity contribution in [2.45, 2.75) is 39.3 Å². The van der Waals surface area contributed by atoms with Crippen molar-refractivity contribution in [3.05, 3.63) is 35.9 Å². The molecule has 1 aromatic carbocycles. The van der Waals surface area contributed by atoms with Crippen molar-refractivity contribution >= 4 is 49.1 Å². The molecule has 1 aromatic rings. The smallest absolute Gasteiger partial charge is 0.435 e. The molecule has 0 fully saturated rings. The predicted octanol–water partition coefficient (Wildman–Crippen LogP) is 2.94. The van der Waals surface area contributed by atoms with Crippen LogP contribution in [0.3, 0.4) is 0 Å². The van der Waals surface area contributed by atoms with Crippen molar-refractivity contribution in [3.8, 4) is 0 Å². The largest absolute Gasteiger partial charge is 2.00 e. The average molecular weight is 315 g/mol. The Morgan fingerprint density at radius 1 is 1.25 bits per heavy atom. The Balaban J connectivity index is -0.000000249. The number of halogens is 1. The first kappa shape index (κ1) is 21.9. The monoisotopic (exact) mass is 313 g/mol. The Bertz CT molecular complexity index is 244. The molecular formula is C12H22BrMgOSi+. The standard InChI is InChI=1S/C10H13.C2H8OSi.BrH.Mg/c1-10(2,3)9-7-5-4-6-8-9;1-4(2)3;;/h4-5,7-8H,1-3H3;3-4H,1-2H3;1H;/q-1;;;+2. The summed E-state index contributed by atoms with van der Waals surface area (Å²) in [5.41, 5.74) is 1.60. The van der Waals surface area contributed by atoms with Crippen LogP contribution >= 0.6 is 17.0 Å². The maximum absolute atomic E-state index is 8.19. The molecule has 16 heavy (non-hydrogen) atoms. The molecule has 0 atom stereocenters. The van der Waals surface area contributed by atoms with Crippen LogP contribution in [0.1, 0.15) is 26.3 Å². The maximum atomic E-state index is 8.19. The molecule has 0 aliphatic carbocycles. The molecule has 0 amide bonds. The van der Waals surface area contributed by atoms with E-state index in [9.17, 15) is 0 Å². The number of rotatable bonds is 0. The van der Waals surface area contributed by atoms with E-state index in [-0.39, 0.29) is 45.4 Å². The van der Waals surface area contributed by atoms with E-state index in [0.29, 0.717) is 0 Å². The second-order valence-corrected chi connectivity index (χ2v) is 6.82. The van der Waals surface area contributed by atoms with Gasteiger partial charge >= 0.3 is 23.1 Å². The van der Waals surface area contributed by atoms with Crippen LogP contribution in [0.25, 0.3) is 0 Å². The summed E-state index contributed by atoms with van der Waals surface area (Å²) in [5.74, 6) is 0. The molecule has 0 unspecified atom stereocenters. The van der Waals surface area contributed by atoms with E-state index in [1.165, 1.54) is 5.56 Å². The first-order chi connectivity index (χ1) is 6.34. The van der Waals surface area contributed by atoms with Gasteiger partial charge < -0.3 is 4.80 Å². The van der Waals surface area contributed by atoms with Gasteiger partial charge in [-0.3, -0.25) is 0 Å². The molecule has 0 saturated carbocycles. The van der Waals surface area contributed by atoms with Crippen molar-refractivity contribution < 1.29 is 4.80 Å². The molecule has 1 rings (SSSR count). The van der Waals surface area contributed by atoms with Gasteiger partial charge in [0, 0.05) is 0 Å². The van der Waals surface area contributed by atoms with E-state index in [4.69, 9.17) is 4.80 Å². The fourth-order valence-electron chi connectivity index (χ4n) is 0.860. The zero-order valence-electron chi connectivity index (χ0n) is 10.9. The van der Waals surface area contributed by atoms with Crippen LogP contribution in [0.4, 0.5) is 0 Å². The zero-order chi connectivity index (χ0) is 11.2. The minimum Gasteiger partial charge on any atom is -0.435 e. The molecule has 4 heteroatoms. The van der Waals surface area contributed by atoms with Gasteiger partial charge in [0.1, 0.15) is 0 Å². The van der Waals surface area contributed by atoms with Gasteiger partial charge in [-0.15, -0.1) is 17.0 Å². The first-order valence-electron chi connectivity index (χ1n) is 4.98. The molecule has 0 heterocycles. The fraction of sp³-hybridized carbons (Fsp3) is 0.500. The van der Waals surface area contributed by atoms with E-state index >= 15 is 0 Å². The molecule has 0 aliphatic rings. The van der Waals surface area contributed by atoms with Crippen LogP contribution in [-0.2, 0) is 5.41 Å². The van der Waals surface area contributed by atoms with Crippen LogP contribution in [0.15, 0.2) is 24.3 Å². The third kappa shape index (κ3) is 12.7. The van der Waals surface area contributed by atoms with Crippen molar-refractivity contribution in [1.82, 2.24) is 0 Å². The van der Waals surface area contributed by atoms with Gasteiger partial charge in [-0.1, -0.05) is 26.2 Å². The quantitative estimate of drug-likeness (QED) is 0.577. The summed E-state index contributed by atoms with van der Waals surface area (Å²) in [4.78, 5) is 8.19. The Kier molecular flexibility index (Phi) is 14.7. The summed E-state index contributed by atoms with van der Waals surface area (Å²) >= 11 is 0. The van der Waals surface area contributed by atoms with E-state index in [1.54, 1.807) is 0 Å². The van der Waals surface area contributed by atoms with Crippen LogP contribution in [0.2, 0.25) is 13.1 Å². The normalized spacial score (nSPS) is 9.44. The van der Waals surface area contributed by atoms with Gasteiger partial charge in [0.05, 0.1) is 0 Å². The van der Waals surface area contributed by atoms with Crippen molar-refractivity contribution in [2.75, 3.05) is 0 Å². The molecule has 0 aromatic heterocycles. The van der Waals surface area contributed by atoms with Crippen LogP contribution in [0.5, 0.6) is 0 Å². The third-order valence-electron chi connectivity index (χ3n) is 1.57. The molecular weight excluding hydrogens is 292 g/mol. The Hall–Kier alpha value is 0.643. The maximum Gasteiger partial charge on any atom is 2.00 e. The van der Waals surface area contributed by atoms with E-state index in [1.807, 2.05) is 31.3 Å². The van der Waals surface area contributed by atoms with E-state index in [0.717, 1.165) is 0 Å². The van der Waals surface area contributed by atoms with Crippen LogP contribution in [0, 0.1) is 6.07 Å². The predicted molar refractivity (Wildman–Crippen MR) is 81.1 cm³/mol. The summed E-state index contributed by atoms with van der Waals surface area (Å²) in [6.07, 6.45) is 0. The third-order valence-corrected chi connectivity index (χ3v) is 1.57. The molecule has 1 N–H and O–H groups in total. The molecule has 0 spiro atoms. The van der Waals surface area contributed by atoms with Crippen LogP contribution < -0.4 is 0 Å².